The van der Waals surface area contributed by atoms with Crippen LogP contribution in [-0.4, -0.2) is 19.0 Å². The molecule has 0 aliphatic carbocycles. The topological polar surface area (TPSA) is 55.1 Å². The number of amides is 1. The monoisotopic (exact) mass is 296 g/mol. The Morgan fingerprint density at radius 3 is 2.59 bits per heavy atom. The van der Waals surface area contributed by atoms with Gasteiger partial charge in [0.05, 0.1) is 10.6 Å². The number of benzene rings is 1. The number of halogens is 3. The van der Waals surface area contributed by atoms with E-state index in [0.29, 0.717) is 28.7 Å². The molecule has 0 atom stereocenters. The summed E-state index contributed by atoms with van der Waals surface area (Å²) in [5.41, 5.74) is 5.79. The maximum Gasteiger partial charge on any atom is 0.252 e. The van der Waals surface area contributed by atoms with Gasteiger partial charge >= 0.3 is 0 Å². The molecular formula is C11H15Cl3N2O. The average molecular weight is 298 g/mol. The minimum absolute atomic E-state index is 0. The molecule has 1 amide bonds. The van der Waals surface area contributed by atoms with Gasteiger partial charge in [-0.25, -0.2) is 0 Å². The number of nitrogens with two attached hydrogens (primary N) is 1. The number of rotatable bonds is 5. The van der Waals surface area contributed by atoms with E-state index in [1.165, 1.54) is 0 Å². The molecule has 3 N–H and O–H groups in total. The molecule has 17 heavy (non-hydrogen) atoms. The fourth-order valence-corrected chi connectivity index (χ4v) is 1.73. The zero-order valence-electron chi connectivity index (χ0n) is 9.21. The van der Waals surface area contributed by atoms with E-state index in [1.54, 1.807) is 18.2 Å². The van der Waals surface area contributed by atoms with Gasteiger partial charge in [0.25, 0.3) is 5.91 Å². The Hall–Kier alpha value is -0.480. The van der Waals surface area contributed by atoms with Crippen LogP contribution in [0.25, 0.3) is 0 Å². The number of hydrogen-bond donors (Lipinski definition) is 2. The predicted molar refractivity (Wildman–Crippen MR) is 74.3 cm³/mol. The molecule has 6 heteroatoms. The molecule has 0 aliphatic rings. The van der Waals surface area contributed by atoms with Crippen LogP contribution in [0.3, 0.4) is 0 Å². The molecule has 0 aliphatic heterocycles. The van der Waals surface area contributed by atoms with Crippen molar-refractivity contribution in [1.82, 2.24) is 5.32 Å². The van der Waals surface area contributed by atoms with E-state index in [2.05, 4.69) is 5.32 Å². The zero-order chi connectivity index (χ0) is 12.0. The van der Waals surface area contributed by atoms with Gasteiger partial charge in [-0.05, 0) is 37.6 Å². The van der Waals surface area contributed by atoms with Crippen LogP contribution in [0.15, 0.2) is 18.2 Å². The van der Waals surface area contributed by atoms with E-state index >= 15 is 0 Å². The largest absolute Gasteiger partial charge is 0.352 e. The van der Waals surface area contributed by atoms with Gasteiger partial charge in [0.1, 0.15) is 0 Å². The van der Waals surface area contributed by atoms with Crippen molar-refractivity contribution in [2.45, 2.75) is 12.8 Å². The Morgan fingerprint density at radius 1 is 1.29 bits per heavy atom. The maximum atomic E-state index is 11.7. The van der Waals surface area contributed by atoms with E-state index in [-0.39, 0.29) is 18.3 Å². The molecule has 1 rings (SSSR count). The molecule has 0 saturated heterocycles. The van der Waals surface area contributed by atoms with Crippen molar-refractivity contribution in [1.29, 1.82) is 0 Å². The quantitative estimate of drug-likeness (QED) is 0.821. The fraction of sp³-hybridized carbons (Fsp3) is 0.364. The van der Waals surface area contributed by atoms with Crippen molar-refractivity contribution in [3.63, 3.8) is 0 Å². The smallest absolute Gasteiger partial charge is 0.252 e. The van der Waals surface area contributed by atoms with Crippen LogP contribution in [0.2, 0.25) is 10.0 Å². The molecule has 3 nitrogen and oxygen atoms in total. The molecule has 0 bridgehead atoms. The molecule has 0 fully saturated rings. The Morgan fingerprint density at radius 2 is 2.00 bits per heavy atom. The van der Waals surface area contributed by atoms with Crippen LogP contribution < -0.4 is 11.1 Å². The number of carbonyl (C=O) groups excluding carboxylic acids is 1. The Balaban J connectivity index is 0.00000256. The highest BCUT2D eigenvalue weighted by Gasteiger charge is 2.09. The van der Waals surface area contributed by atoms with Gasteiger partial charge in [-0.1, -0.05) is 23.2 Å². The summed E-state index contributed by atoms with van der Waals surface area (Å²) in [4.78, 5) is 11.7. The molecule has 1 aromatic carbocycles. The minimum Gasteiger partial charge on any atom is -0.352 e. The lowest BCUT2D eigenvalue weighted by molar-refractivity contribution is 0.0953. The van der Waals surface area contributed by atoms with Crippen molar-refractivity contribution in [3.05, 3.63) is 33.8 Å². The highest BCUT2D eigenvalue weighted by atomic mass is 35.5. The Kier molecular flexibility index (Phi) is 8.35. The summed E-state index contributed by atoms with van der Waals surface area (Å²) in [6.07, 6.45) is 1.77. The van der Waals surface area contributed by atoms with Crippen LogP contribution in [-0.2, 0) is 0 Å². The number of carbonyl (C=O) groups is 1. The standard InChI is InChI=1S/C11H14Cl2N2O.ClH/c12-8-3-4-9(10(13)7-8)11(16)15-6-2-1-5-14;/h3-4,7H,1-2,5-6,14H2,(H,15,16);1H. The summed E-state index contributed by atoms with van der Waals surface area (Å²) >= 11 is 11.6. The molecule has 0 spiro atoms. The van der Waals surface area contributed by atoms with Crippen LogP contribution in [0.1, 0.15) is 23.2 Å². The van der Waals surface area contributed by atoms with Gasteiger partial charge in [0.15, 0.2) is 0 Å². The van der Waals surface area contributed by atoms with Gasteiger partial charge in [-0.2, -0.15) is 0 Å². The van der Waals surface area contributed by atoms with E-state index in [4.69, 9.17) is 28.9 Å². The summed E-state index contributed by atoms with van der Waals surface area (Å²) in [5, 5.41) is 3.65. The maximum absolute atomic E-state index is 11.7. The predicted octanol–water partition coefficient (Wildman–Crippen LogP) is 2.88. The Labute approximate surface area is 117 Å². The highest BCUT2D eigenvalue weighted by Crippen LogP contribution is 2.20. The van der Waals surface area contributed by atoms with Crippen LogP contribution >= 0.6 is 35.6 Å². The highest BCUT2D eigenvalue weighted by molar-refractivity contribution is 6.36. The SMILES string of the molecule is Cl.NCCCCNC(=O)c1ccc(Cl)cc1Cl. The van der Waals surface area contributed by atoms with E-state index in [0.717, 1.165) is 12.8 Å². The second kappa shape index (κ2) is 8.59. The van der Waals surface area contributed by atoms with Gasteiger partial charge in [-0.3, -0.25) is 4.79 Å². The molecule has 0 saturated carbocycles. The van der Waals surface area contributed by atoms with Crippen LogP contribution in [0, 0.1) is 0 Å². The normalized spacial score (nSPS) is 9.59. The molecule has 1 aromatic rings. The van der Waals surface area contributed by atoms with Crippen molar-refractivity contribution in [3.8, 4) is 0 Å². The van der Waals surface area contributed by atoms with Crippen molar-refractivity contribution in [2.75, 3.05) is 13.1 Å². The molecule has 0 aromatic heterocycles. The molecular weight excluding hydrogens is 282 g/mol. The molecule has 0 heterocycles. The second-order valence-electron chi connectivity index (χ2n) is 3.38. The van der Waals surface area contributed by atoms with Crippen molar-refractivity contribution >= 4 is 41.5 Å². The molecule has 0 radical (unpaired) electrons. The lowest BCUT2D eigenvalue weighted by atomic mass is 10.2. The van der Waals surface area contributed by atoms with Crippen LogP contribution in [0.4, 0.5) is 0 Å². The van der Waals surface area contributed by atoms with Crippen molar-refractivity contribution in [2.24, 2.45) is 5.73 Å². The fourth-order valence-electron chi connectivity index (χ4n) is 1.24. The zero-order valence-corrected chi connectivity index (χ0v) is 11.5. The summed E-state index contributed by atoms with van der Waals surface area (Å²) in [6.45, 7) is 1.24. The van der Waals surface area contributed by atoms with E-state index in [9.17, 15) is 4.79 Å². The van der Waals surface area contributed by atoms with Gasteiger partial charge in [0, 0.05) is 11.6 Å². The van der Waals surface area contributed by atoms with E-state index in [1.807, 2.05) is 0 Å². The minimum atomic E-state index is -0.182. The van der Waals surface area contributed by atoms with Crippen LogP contribution in [0.5, 0.6) is 0 Å². The lowest BCUT2D eigenvalue weighted by Gasteiger charge is -2.06. The number of nitrogens with one attached hydrogen (secondary N) is 1. The third-order valence-corrected chi connectivity index (χ3v) is 2.64. The summed E-state index contributed by atoms with van der Waals surface area (Å²) in [7, 11) is 0. The average Bonchev–Trinajstić information content (AvgIpc) is 2.24. The molecule has 96 valence electrons. The van der Waals surface area contributed by atoms with Crippen molar-refractivity contribution < 1.29 is 4.79 Å². The first-order valence-corrected chi connectivity index (χ1v) is 5.84. The third-order valence-electron chi connectivity index (χ3n) is 2.09. The number of hydrogen-bond acceptors (Lipinski definition) is 2. The summed E-state index contributed by atoms with van der Waals surface area (Å²) in [6, 6.07) is 4.81. The second-order valence-corrected chi connectivity index (χ2v) is 4.22. The van der Waals surface area contributed by atoms with Gasteiger partial charge < -0.3 is 11.1 Å². The lowest BCUT2D eigenvalue weighted by Crippen LogP contribution is -2.25. The van der Waals surface area contributed by atoms with Gasteiger partial charge in [-0.15, -0.1) is 12.4 Å². The summed E-state index contributed by atoms with van der Waals surface area (Å²) < 4.78 is 0. The van der Waals surface area contributed by atoms with Gasteiger partial charge in [0.2, 0.25) is 0 Å². The third kappa shape index (κ3) is 5.59. The number of unbranched alkanes of at least 4 members (excludes halogenated alkanes) is 1. The molecule has 0 unspecified atom stereocenters. The first kappa shape index (κ1) is 16.5. The first-order valence-electron chi connectivity index (χ1n) is 5.08. The Bertz CT molecular complexity index is 372. The van der Waals surface area contributed by atoms with E-state index < -0.39 is 0 Å². The first-order chi connectivity index (χ1) is 7.65. The summed E-state index contributed by atoms with van der Waals surface area (Å²) in [5.74, 6) is -0.182.